The van der Waals surface area contributed by atoms with Crippen molar-refractivity contribution in [2.75, 3.05) is 7.11 Å². The van der Waals surface area contributed by atoms with E-state index < -0.39 is 5.54 Å². The van der Waals surface area contributed by atoms with Gasteiger partial charge in [0.15, 0.2) is 11.5 Å². The lowest BCUT2D eigenvalue weighted by Gasteiger charge is -2.34. The molecule has 3 N–H and O–H groups in total. The van der Waals surface area contributed by atoms with Gasteiger partial charge in [-0.3, -0.25) is 0 Å². The number of hydrogen-bond donors (Lipinski definition) is 2. The second-order valence-corrected chi connectivity index (χ2v) is 5.55. The van der Waals surface area contributed by atoms with Gasteiger partial charge in [0, 0.05) is 11.1 Å². The number of benzene rings is 1. The monoisotopic (exact) mass is 299 g/mol. The van der Waals surface area contributed by atoms with Crippen LogP contribution in [0, 0.1) is 0 Å². The third kappa shape index (κ3) is 2.29. The van der Waals surface area contributed by atoms with Crippen LogP contribution in [-0.4, -0.2) is 12.2 Å². The molecule has 0 amide bonds. The van der Waals surface area contributed by atoms with Gasteiger partial charge in [0.25, 0.3) is 0 Å². The molecule has 0 aliphatic heterocycles. The molecule has 94 valence electrons. The first kappa shape index (κ1) is 12.7. The first-order chi connectivity index (χ1) is 8.08. The summed E-state index contributed by atoms with van der Waals surface area (Å²) in [4.78, 5) is 0. The minimum absolute atomic E-state index is 0.172. The largest absolute Gasteiger partial charge is 0.504 e. The second kappa shape index (κ2) is 4.86. The van der Waals surface area contributed by atoms with Crippen molar-refractivity contribution in [2.24, 2.45) is 5.73 Å². The SMILES string of the molecule is COc1c(Br)ccc(C2(N)CCCCC2)c1O. The first-order valence-corrected chi connectivity index (χ1v) is 6.72. The van der Waals surface area contributed by atoms with E-state index in [0.717, 1.165) is 35.7 Å². The maximum absolute atomic E-state index is 10.3. The summed E-state index contributed by atoms with van der Waals surface area (Å²) in [5, 5.41) is 10.3. The summed E-state index contributed by atoms with van der Waals surface area (Å²) in [7, 11) is 1.55. The summed E-state index contributed by atoms with van der Waals surface area (Å²) >= 11 is 3.36. The fourth-order valence-corrected chi connectivity index (χ4v) is 3.08. The highest BCUT2D eigenvalue weighted by Gasteiger charge is 2.33. The number of aromatic hydroxyl groups is 1. The van der Waals surface area contributed by atoms with E-state index in [1.54, 1.807) is 7.11 Å². The van der Waals surface area contributed by atoms with E-state index in [-0.39, 0.29) is 5.75 Å². The Kier molecular flexibility index (Phi) is 3.64. The highest BCUT2D eigenvalue weighted by molar-refractivity contribution is 9.10. The van der Waals surface area contributed by atoms with Crippen molar-refractivity contribution in [1.82, 2.24) is 0 Å². The van der Waals surface area contributed by atoms with Crippen LogP contribution in [0.25, 0.3) is 0 Å². The van der Waals surface area contributed by atoms with Crippen LogP contribution in [0.3, 0.4) is 0 Å². The van der Waals surface area contributed by atoms with Crippen molar-refractivity contribution in [1.29, 1.82) is 0 Å². The zero-order valence-corrected chi connectivity index (χ0v) is 11.6. The molecule has 1 aliphatic rings. The fourth-order valence-electron chi connectivity index (χ4n) is 2.59. The summed E-state index contributed by atoms with van der Waals surface area (Å²) < 4.78 is 5.95. The zero-order valence-electron chi connectivity index (χ0n) is 10.0. The van der Waals surface area contributed by atoms with Crippen LogP contribution in [0.5, 0.6) is 11.5 Å². The van der Waals surface area contributed by atoms with Gasteiger partial charge in [-0.15, -0.1) is 0 Å². The van der Waals surface area contributed by atoms with Crippen LogP contribution < -0.4 is 10.5 Å². The lowest BCUT2D eigenvalue weighted by atomic mass is 9.77. The standard InChI is InChI=1S/C13H18BrNO2/c1-17-12-10(14)6-5-9(11(12)16)13(15)7-3-2-4-8-13/h5-6,16H,2-4,7-8,15H2,1H3. The van der Waals surface area contributed by atoms with Gasteiger partial charge in [-0.05, 0) is 34.8 Å². The molecule has 0 heterocycles. The van der Waals surface area contributed by atoms with Gasteiger partial charge in [-0.2, -0.15) is 0 Å². The quantitative estimate of drug-likeness (QED) is 0.881. The summed E-state index contributed by atoms with van der Waals surface area (Å²) in [6.45, 7) is 0. The van der Waals surface area contributed by atoms with E-state index in [4.69, 9.17) is 10.5 Å². The van der Waals surface area contributed by atoms with Crippen LogP contribution in [0.1, 0.15) is 37.7 Å². The molecule has 1 fully saturated rings. The molecule has 3 nitrogen and oxygen atoms in total. The molecule has 0 aromatic heterocycles. The summed E-state index contributed by atoms with van der Waals surface area (Å²) in [6, 6.07) is 3.78. The van der Waals surface area contributed by atoms with E-state index in [1.807, 2.05) is 12.1 Å². The van der Waals surface area contributed by atoms with Gasteiger partial charge in [0.05, 0.1) is 11.6 Å². The summed E-state index contributed by atoms with van der Waals surface area (Å²) in [5.74, 6) is 0.643. The minimum atomic E-state index is -0.406. The van der Waals surface area contributed by atoms with Gasteiger partial charge >= 0.3 is 0 Å². The van der Waals surface area contributed by atoms with Gasteiger partial charge in [-0.1, -0.05) is 25.3 Å². The molecule has 1 saturated carbocycles. The molecule has 2 rings (SSSR count). The number of hydrogen-bond acceptors (Lipinski definition) is 3. The van der Waals surface area contributed by atoms with E-state index in [1.165, 1.54) is 6.42 Å². The summed E-state index contributed by atoms with van der Waals surface area (Å²) in [5.41, 5.74) is 6.82. The molecule has 0 spiro atoms. The number of phenols is 1. The molecule has 0 unspecified atom stereocenters. The fraction of sp³-hybridized carbons (Fsp3) is 0.538. The van der Waals surface area contributed by atoms with Crippen LogP contribution in [-0.2, 0) is 5.54 Å². The van der Waals surface area contributed by atoms with Gasteiger partial charge in [-0.25, -0.2) is 0 Å². The Balaban J connectivity index is 2.44. The van der Waals surface area contributed by atoms with Crippen LogP contribution in [0.4, 0.5) is 0 Å². The molecule has 17 heavy (non-hydrogen) atoms. The molecule has 4 heteroatoms. The normalized spacial score (nSPS) is 19.0. The molecular weight excluding hydrogens is 282 g/mol. The molecule has 1 aromatic rings. The van der Waals surface area contributed by atoms with Crippen molar-refractivity contribution < 1.29 is 9.84 Å². The Hall–Kier alpha value is -0.740. The Bertz CT molecular complexity index is 414. The van der Waals surface area contributed by atoms with Crippen LogP contribution in [0.15, 0.2) is 16.6 Å². The van der Waals surface area contributed by atoms with Gasteiger partial charge in [0.2, 0.25) is 0 Å². The maximum Gasteiger partial charge on any atom is 0.175 e. The van der Waals surface area contributed by atoms with Gasteiger partial charge < -0.3 is 15.6 Å². The molecule has 0 atom stereocenters. The lowest BCUT2D eigenvalue weighted by Crippen LogP contribution is -2.38. The number of nitrogens with two attached hydrogens (primary N) is 1. The van der Waals surface area contributed by atoms with E-state index in [9.17, 15) is 5.11 Å². The molecule has 0 saturated heterocycles. The zero-order chi connectivity index (χ0) is 12.5. The molecule has 0 radical (unpaired) electrons. The van der Waals surface area contributed by atoms with E-state index in [0.29, 0.717) is 5.75 Å². The molecule has 1 aliphatic carbocycles. The maximum atomic E-state index is 10.3. The Labute approximate surface area is 110 Å². The first-order valence-electron chi connectivity index (χ1n) is 5.93. The number of ether oxygens (including phenoxy) is 1. The third-order valence-electron chi connectivity index (χ3n) is 3.57. The Morgan fingerprint density at radius 3 is 2.53 bits per heavy atom. The summed E-state index contributed by atoms with van der Waals surface area (Å²) in [6.07, 6.45) is 5.31. The van der Waals surface area contributed by atoms with Crippen molar-refractivity contribution in [3.8, 4) is 11.5 Å². The average molecular weight is 300 g/mol. The van der Waals surface area contributed by atoms with Crippen molar-refractivity contribution in [3.63, 3.8) is 0 Å². The predicted molar refractivity (Wildman–Crippen MR) is 71.3 cm³/mol. The second-order valence-electron chi connectivity index (χ2n) is 4.69. The predicted octanol–water partition coefficient (Wildman–Crippen LogP) is 3.28. The van der Waals surface area contributed by atoms with Crippen molar-refractivity contribution in [3.05, 3.63) is 22.2 Å². The number of methoxy groups -OCH3 is 1. The number of halogens is 1. The van der Waals surface area contributed by atoms with Crippen LogP contribution in [0.2, 0.25) is 0 Å². The topological polar surface area (TPSA) is 55.5 Å². The van der Waals surface area contributed by atoms with Gasteiger partial charge in [0.1, 0.15) is 0 Å². The highest BCUT2D eigenvalue weighted by atomic mass is 79.9. The Morgan fingerprint density at radius 2 is 1.94 bits per heavy atom. The Morgan fingerprint density at radius 1 is 1.29 bits per heavy atom. The van der Waals surface area contributed by atoms with Crippen molar-refractivity contribution in [2.45, 2.75) is 37.6 Å². The number of rotatable bonds is 2. The third-order valence-corrected chi connectivity index (χ3v) is 4.19. The molecule has 1 aromatic carbocycles. The van der Waals surface area contributed by atoms with E-state index in [2.05, 4.69) is 15.9 Å². The lowest BCUT2D eigenvalue weighted by molar-refractivity contribution is 0.286. The highest BCUT2D eigenvalue weighted by Crippen LogP contribution is 2.45. The minimum Gasteiger partial charge on any atom is -0.504 e. The van der Waals surface area contributed by atoms with Crippen molar-refractivity contribution >= 4 is 15.9 Å². The average Bonchev–Trinajstić information content (AvgIpc) is 2.30. The molecule has 0 bridgehead atoms. The smallest absolute Gasteiger partial charge is 0.175 e. The number of phenolic OH excluding ortho intramolecular Hbond substituents is 1. The van der Waals surface area contributed by atoms with Crippen LogP contribution >= 0.6 is 15.9 Å². The van der Waals surface area contributed by atoms with E-state index >= 15 is 0 Å². The molecular formula is C13H18BrNO2.